The highest BCUT2D eigenvalue weighted by molar-refractivity contribution is 7.89. The molecule has 8 heteroatoms. The lowest BCUT2D eigenvalue weighted by Gasteiger charge is -2.07. The van der Waals surface area contributed by atoms with Gasteiger partial charge in [0, 0.05) is 24.7 Å². The van der Waals surface area contributed by atoms with E-state index in [0.717, 1.165) is 5.56 Å². The van der Waals surface area contributed by atoms with Gasteiger partial charge in [-0.2, -0.15) is 5.10 Å². The molecule has 0 aromatic carbocycles. The van der Waals surface area contributed by atoms with E-state index in [-0.39, 0.29) is 11.6 Å². The molecule has 0 atom stereocenters. The SMILES string of the molecule is Cc1cnn(C)c1S(=O)(=O)NCCc1cnoc1. The molecule has 0 radical (unpaired) electrons. The molecule has 0 aliphatic carbocycles. The summed E-state index contributed by atoms with van der Waals surface area (Å²) in [4.78, 5) is 0. The highest BCUT2D eigenvalue weighted by Gasteiger charge is 2.20. The number of nitrogens with zero attached hydrogens (tertiary/aromatic N) is 3. The monoisotopic (exact) mass is 270 g/mol. The smallest absolute Gasteiger partial charge is 0.257 e. The molecule has 18 heavy (non-hydrogen) atoms. The van der Waals surface area contributed by atoms with Gasteiger partial charge in [-0.15, -0.1) is 0 Å². The first-order valence-corrected chi connectivity index (χ1v) is 6.85. The van der Waals surface area contributed by atoms with E-state index in [1.807, 2.05) is 0 Å². The highest BCUT2D eigenvalue weighted by Crippen LogP contribution is 2.12. The normalized spacial score (nSPS) is 11.9. The standard InChI is InChI=1S/C10H14N4O3S/c1-8-5-11-14(2)10(8)18(15,16)13-4-3-9-6-12-17-7-9/h5-7,13H,3-4H2,1-2H3. The second-order valence-corrected chi connectivity index (χ2v) is 5.62. The zero-order valence-electron chi connectivity index (χ0n) is 10.1. The van der Waals surface area contributed by atoms with Crippen molar-refractivity contribution in [2.45, 2.75) is 18.4 Å². The number of rotatable bonds is 5. The van der Waals surface area contributed by atoms with E-state index >= 15 is 0 Å². The average molecular weight is 270 g/mol. The van der Waals surface area contributed by atoms with Crippen LogP contribution in [-0.4, -0.2) is 29.9 Å². The third-order valence-electron chi connectivity index (χ3n) is 2.50. The van der Waals surface area contributed by atoms with Gasteiger partial charge in [-0.3, -0.25) is 4.68 Å². The first kappa shape index (κ1) is 12.8. The predicted octanol–water partition coefficient (Wildman–Crippen LogP) is 0.238. The largest absolute Gasteiger partial charge is 0.364 e. The van der Waals surface area contributed by atoms with Crippen molar-refractivity contribution < 1.29 is 12.9 Å². The lowest BCUT2D eigenvalue weighted by molar-refractivity contribution is 0.419. The Bertz CT molecular complexity index is 596. The highest BCUT2D eigenvalue weighted by atomic mass is 32.2. The van der Waals surface area contributed by atoms with Gasteiger partial charge >= 0.3 is 0 Å². The van der Waals surface area contributed by atoms with Crippen molar-refractivity contribution >= 4 is 10.0 Å². The fourth-order valence-corrected chi connectivity index (χ4v) is 3.05. The Morgan fingerprint density at radius 1 is 1.44 bits per heavy atom. The van der Waals surface area contributed by atoms with E-state index in [9.17, 15) is 8.42 Å². The summed E-state index contributed by atoms with van der Waals surface area (Å²) in [6, 6.07) is 0. The summed E-state index contributed by atoms with van der Waals surface area (Å²) in [5, 5.41) is 7.65. The number of aryl methyl sites for hydroxylation is 2. The molecule has 7 nitrogen and oxygen atoms in total. The van der Waals surface area contributed by atoms with Gasteiger partial charge in [0.15, 0.2) is 5.03 Å². The molecule has 0 aliphatic rings. The van der Waals surface area contributed by atoms with E-state index < -0.39 is 10.0 Å². The second kappa shape index (κ2) is 4.91. The Morgan fingerprint density at radius 3 is 2.78 bits per heavy atom. The molecule has 0 amide bonds. The van der Waals surface area contributed by atoms with Crippen LogP contribution >= 0.6 is 0 Å². The third-order valence-corrected chi connectivity index (χ3v) is 4.18. The van der Waals surface area contributed by atoms with Crippen LogP contribution in [0.2, 0.25) is 0 Å². The molecule has 2 rings (SSSR count). The number of aromatic nitrogens is 3. The van der Waals surface area contributed by atoms with Gasteiger partial charge < -0.3 is 4.52 Å². The molecule has 0 saturated heterocycles. The zero-order valence-corrected chi connectivity index (χ0v) is 10.9. The van der Waals surface area contributed by atoms with E-state index in [0.29, 0.717) is 12.0 Å². The maximum absolute atomic E-state index is 12.1. The Morgan fingerprint density at radius 2 is 2.22 bits per heavy atom. The molecular weight excluding hydrogens is 256 g/mol. The van der Waals surface area contributed by atoms with Crippen molar-refractivity contribution in [2.75, 3.05) is 6.54 Å². The van der Waals surface area contributed by atoms with E-state index in [2.05, 4.69) is 19.5 Å². The van der Waals surface area contributed by atoms with Crippen LogP contribution in [0.25, 0.3) is 0 Å². The summed E-state index contributed by atoms with van der Waals surface area (Å²) >= 11 is 0. The van der Waals surface area contributed by atoms with Gasteiger partial charge in [0.05, 0.1) is 12.4 Å². The quantitative estimate of drug-likeness (QED) is 0.840. The van der Waals surface area contributed by atoms with E-state index in [1.165, 1.54) is 17.1 Å². The molecule has 0 saturated carbocycles. The van der Waals surface area contributed by atoms with Gasteiger partial charge in [0.2, 0.25) is 0 Å². The van der Waals surface area contributed by atoms with Crippen LogP contribution in [0.15, 0.2) is 28.2 Å². The molecular formula is C10H14N4O3S. The minimum atomic E-state index is -3.53. The van der Waals surface area contributed by atoms with Crippen LogP contribution < -0.4 is 4.72 Å². The minimum Gasteiger partial charge on any atom is -0.364 e. The Labute approximate surface area is 105 Å². The lowest BCUT2D eigenvalue weighted by Crippen LogP contribution is -2.28. The molecule has 2 aromatic rings. The first-order chi connectivity index (χ1) is 8.50. The third kappa shape index (κ3) is 2.59. The fourth-order valence-electron chi connectivity index (χ4n) is 1.67. The van der Waals surface area contributed by atoms with Crippen LogP contribution in [-0.2, 0) is 23.5 Å². The van der Waals surface area contributed by atoms with Crippen molar-refractivity contribution in [1.82, 2.24) is 19.7 Å². The molecule has 2 aromatic heterocycles. The molecule has 0 bridgehead atoms. The molecule has 2 heterocycles. The van der Waals surface area contributed by atoms with Crippen molar-refractivity contribution in [1.29, 1.82) is 0 Å². The number of hydrogen-bond donors (Lipinski definition) is 1. The molecule has 98 valence electrons. The van der Waals surface area contributed by atoms with Crippen LogP contribution in [0.1, 0.15) is 11.1 Å². The van der Waals surface area contributed by atoms with Gasteiger partial charge in [-0.1, -0.05) is 5.16 Å². The van der Waals surface area contributed by atoms with E-state index in [4.69, 9.17) is 0 Å². The van der Waals surface area contributed by atoms with Crippen LogP contribution in [0.3, 0.4) is 0 Å². The molecule has 0 unspecified atom stereocenters. The number of hydrogen-bond acceptors (Lipinski definition) is 5. The summed E-state index contributed by atoms with van der Waals surface area (Å²) < 4.78 is 32.6. The van der Waals surface area contributed by atoms with Gasteiger partial charge in [-0.05, 0) is 13.3 Å². The summed E-state index contributed by atoms with van der Waals surface area (Å²) in [5.41, 5.74) is 1.47. The summed E-state index contributed by atoms with van der Waals surface area (Å²) in [6.45, 7) is 2.00. The van der Waals surface area contributed by atoms with E-state index in [1.54, 1.807) is 20.2 Å². The molecule has 0 spiro atoms. The fraction of sp³-hybridized carbons (Fsp3) is 0.400. The summed E-state index contributed by atoms with van der Waals surface area (Å²) in [5.74, 6) is 0. The minimum absolute atomic E-state index is 0.188. The zero-order chi connectivity index (χ0) is 13.2. The van der Waals surface area contributed by atoms with Crippen molar-refractivity contribution in [2.24, 2.45) is 7.05 Å². The van der Waals surface area contributed by atoms with Gasteiger partial charge in [-0.25, -0.2) is 13.1 Å². The Balaban J connectivity index is 2.04. The van der Waals surface area contributed by atoms with Gasteiger partial charge in [0.25, 0.3) is 10.0 Å². The number of nitrogens with one attached hydrogen (secondary N) is 1. The number of sulfonamides is 1. The Hall–Kier alpha value is -1.67. The Kier molecular flexibility index (Phi) is 3.48. The molecule has 0 aliphatic heterocycles. The van der Waals surface area contributed by atoms with Gasteiger partial charge in [0.1, 0.15) is 6.26 Å². The van der Waals surface area contributed by atoms with Crippen molar-refractivity contribution in [3.63, 3.8) is 0 Å². The lowest BCUT2D eigenvalue weighted by atomic mass is 10.3. The first-order valence-electron chi connectivity index (χ1n) is 5.37. The van der Waals surface area contributed by atoms with Crippen molar-refractivity contribution in [3.05, 3.63) is 29.8 Å². The maximum Gasteiger partial charge on any atom is 0.257 e. The molecule has 0 fully saturated rings. The summed E-state index contributed by atoms with van der Waals surface area (Å²) in [6.07, 6.45) is 5.10. The topological polar surface area (TPSA) is 90.0 Å². The average Bonchev–Trinajstić information content (AvgIpc) is 2.89. The van der Waals surface area contributed by atoms with Crippen molar-refractivity contribution in [3.8, 4) is 0 Å². The second-order valence-electron chi connectivity index (χ2n) is 3.94. The van der Waals surface area contributed by atoms with Crippen LogP contribution in [0, 0.1) is 6.92 Å². The van der Waals surface area contributed by atoms with Crippen LogP contribution in [0.5, 0.6) is 0 Å². The van der Waals surface area contributed by atoms with Crippen LogP contribution in [0.4, 0.5) is 0 Å². The summed E-state index contributed by atoms with van der Waals surface area (Å²) in [7, 11) is -1.93. The molecule has 1 N–H and O–H groups in total. The maximum atomic E-state index is 12.1. The predicted molar refractivity (Wildman–Crippen MR) is 63.3 cm³/mol.